The van der Waals surface area contributed by atoms with Crippen LogP contribution in [0.15, 0.2) is 222 Å². The van der Waals surface area contributed by atoms with Gasteiger partial charge >= 0.3 is 0 Å². The molecule has 13 aromatic rings. The summed E-state index contributed by atoms with van der Waals surface area (Å²) in [6.45, 7) is 2.28. The fourth-order valence-corrected chi connectivity index (χ4v) is 11.1. The first kappa shape index (κ1) is 37.7. The largest absolute Gasteiger partial charge is 0.456 e. The molecular formula is C61H43N5O. The zero-order chi connectivity index (χ0) is 44.2. The van der Waals surface area contributed by atoms with Gasteiger partial charge in [-0.1, -0.05) is 165 Å². The average Bonchev–Trinajstić information content (AvgIpc) is 4.10. The standard InChI is InChI=1S/C61H43N5O/c1-2-38-37-57(62-60(41-31-32-48-47-25-10-15-30-55(47)67-56(48)36-41)63-61(38)65-52-27-12-6-21-43(52)44-22-7-13-28-53(44)65)66-54-29-14-9-24-46(54)50-34-33-49-45-23-8-11-26-51(45)64(58(49)59(50)66)42-20-16-19-40(35-42)39-17-4-3-5-18-39/h3-38,60,62H,2H2,1H3. The van der Waals surface area contributed by atoms with Crippen molar-refractivity contribution in [1.29, 1.82) is 0 Å². The molecule has 0 amide bonds. The van der Waals surface area contributed by atoms with Gasteiger partial charge in [0.15, 0.2) is 0 Å². The second kappa shape index (κ2) is 14.7. The van der Waals surface area contributed by atoms with E-state index in [2.05, 4.69) is 226 Å². The average molecular weight is 862 g/mol. The zero-order valence-corrected chi connectivity index (χ0v) is 36.8. The number of rotatable bonds is 5. The molecule has 0 radical (unpaired) electrons. The minimum absolute atomic E-state index is 0.0644. The Morgan fingerprint density at radius 3 is 1.64 bits per heavy atom. The summed E-state index contributed by atoms with van der Waals surface area (Å²) in [5.41, 5.74) is 13.1. The number of benzene rings is 9. The maximum absolute atomic E-state index is 6.55. The van der Waals surface area contributed by atoms with Gasteiger partial charge in [0.2, 0.25) is 0 Å². The van der Waals surface area contributed by atoms with E-state index in [0.29, 0.717) is 0 Å². The summed E-state index contributed by atoms with van der Waals surface area (Å²) in [4.78, 5) is 5.88. The van der Waals surface area contributed by atoms with Crippen molar-refractivity contribution in [2.24, 2.45) is 10.9 Å². The van der Waals surface area contributed by atoms with E-state index in [0.717, 1.165) is 84.4 Å². The molecule has 0 bridgehead atoms. The first-order chi connectivity index (χ1) is 33.2. The molecule has 6 nitrogen and oxygen atoms in total. The van der Waals surface area contributed by atoms with Crippen LogP contribution >= 0.6 is 0 Å². The SMILES string of the molecule is CCC1C=C(n2c3ccccc3c3ccc4c5ccccc5n(-c5cccc(-c6ccccc6)c5)c4c32)NC(c2ccc3c(c2)oc2ccccc23)N=C1n1c2ccccc2c2ccccc21. The number of aliphatic imine (C=N–C) groups is 1. The molecular weight excluding hydrogens is 819 g/mol. The summed E-state index contributed by atoms with van der Waals surface area (Å²) in [7, 11) is 0. The van der Waals surface area contributed by atoms with Crippen LogP contribution in [-0.2, 0) is 0 Å². The van der Waals surface area contributed by atoms with E-state index in [1.807, 2.05) is 12.1 Å². The maximum Gasteiger partial charge on any atom is 0.147 e. The predicted octanol–water partition coefficient (Wildman–Crippen LogP) is 15.6. The van der Waals surface area contributed by atoms with E-state index in [9.17, 15) is 0 Å². The number of aromatic nitrogens is 3. The lowest BCUT2D eigenvalue weighted by atomic mass is 10.0. The van der Waals surface area contributed by atoms with Gasteiger partial charge in [0.05, 0.1) is 33.1 Å². The third kappa shape index (κ3) is 5.66. The molecule has 0 saturated carbocycles. The number of allylic oxidation sites excluding steroid dienone is 1. The number of para-hydroxylation sites is 5. The lowest BCUT2D eigenvalue weighted by molar-refractivity contribution is 0.643. The van der Waals surface area contributed by atoms with Crippen molar-refractivity contribution in [2.75, 3.05) is 0 Å². The van der Waals surface area contributed by atoms with Crippen molar-refractivity contribution in [1.82, 2.24) is 19.0 Å². The Hall–Kier alpha value is -8.61. The summed E-state index contributed by atoms with van der Waals surface area (Å²) >= 11 is 0. The summed E-state index contributed by atoms with van der Waals surface area (Å²) in [5.74, 6) is 1.91. The lowest BCUT2D eigenvalue weighted by Gasteiger charge is -2.21. The van der Waals surface area contributed by atoms with Gasteiger partial charge in [-0.25, -0.2) is 4.99 Å². The molecule has 14 rings (SSSR count). The van der Waals surface area contributed by atoms with Gasteiger partial charge in [-0.15, -0.1) is 0 Å². The maximum atomic E-state index is 6.55. The van der Waals surface area contributed by atoms with E-state index < -0.39 is 6.17 Å². The topological polar surface area (TPSA) is 52.3 Å². The first-order valence-electron chi connectivity index (χ1n) is 23.3. The van der Waals surface area contributed by atoms with Gasteiger partial charge in [0, 0.05) is 60.3 Å². The van der Waals surface area contributed by atoms with Gasteiger partial charge in [-0.3, -0.25) is 9.13 Å². The van der Waals surface area contributed by atoms with Crippen LogP contribution < -0.4 is 5.32 Å². The molecule has 2 unspecified atom stereocenters. The molecule has 0 fully saturated rings. The monoisotopic (exact) mass is 861 g/mol. The number of nitrogens with zero attached hydrogens (tertiary/aromatic N) is 4. The Kier molecular flexibility index (Phi) is 8.28. The molecule has 4 aromatic heterocycles. The van der Waals surface area contributed by atoms with Crippen molar-refractivity contribution in [2.45, 2.75) is 19.5 Å². The molecule has 1 aliphatic heterocycles. The van der Waals surface area contributed by atoms with Gasteiger partial charge in [-0.05, 0) is 72.2 Å². The summed E-state index contributed by atoms with van der Waals surface area (Å²) in [6, 6.07) is 74.4. The van der Waals surface area contributed by atoms with Gasteiger partial charge < -0.3 is 14.3 Å². The Balaban J connectivity index is 1.07. The van der Waals surface area contributed by atoms with E-state index in [1.54, 1.807) is 0 Å². The number of nitrogens with one attached hydrogen (secondary N) is 1. The third-order valence-corrected chi connectivity index (χ3v) is 14.1. The summed E-state index contributed by atoms with van der Waals surface area (Å²) < 4.78 is 13.9. The van der Waals surface area contributed by atoms with Crippen LogP contribution in [0.4, 0.5) is 0 Å². The smallest absolute Gasteiger partial charge is 0.147 e. The van der Waals surface area contributed by atoms with Crippen molar-refractivity contribution >= 4 is 99.0 Å². The first-order valence-corrected chi connectivity index (χ1v) is 23.3. The molecule has 6 heteroatoms. The third-order valence-electron chi connectivity index (χ3n) is 14.1. The molecule has 318 valence electrons. The number of hydrogen-bond acceptors (Lipinski definition) is 3. The van der Waals surface area contributed by atoms with Crippen LogP contribution in [0.25, 0.3) is 110 Å². The molecule has 67 heavy (non-hydrogen) atoms. The van der Waals surface area contributed by atoms with Gasteiger partial charge in [-0.2, -0.15) is 0 Å². The Morgan fingerprint density at radius 2 is 0.970 bits per heavy atom. The summed E-state index contributed by atoms with van der Waals surface area (Å²) in [5, 5.41) is 13.6. The van der Waals surface area contributed by atoms with E-state index >= 15 is 0 Å². The van der Waals surface area contributed by atoms with Crippen LogP contribution in [0.5, 0.6) is 0 Å². The molecule has 2 atom stereocenters. The highest BCUT2D eigenvalue weighted by atomic mass is 16.3. The number of furan rings is 1. The van der Waals surface area contributed by atoms with Crippen LogP contribution in [0.3, 0.4) is 0 Å². The Morgan fingerprint density at radius 1 is 0.448 bits per heavy atom. The van der Waals surface area contributed by atoms with E-state index in [1.165, 1.54) is 43.4 Å². The van der Waals surface area contributed by atoms with Crippen molar-refractivity contribution in [3.8, 4) is 16.8 Å². The lowest BCUT2D eigenvalue weighted by Crippen LogP contribution is -2.23. The van der Waals surface area contributed by atoms with Crippen LogP contribution in [0.2, 0.25) is 0 Å². The van der Waals surface area contributed by atoms with Crippen molar-refractivity contribution in [3.63, 3.8) is 0 Å². The van der Waals surface area contributed by atoms with Gasteiger partial charge in [0.1, 0.15) is 29.0 Å². The minimum atomic E-state index is -0.473. The molecule has 1 N–H and O–H groups in total. The molecule has 9 aromatic carbocycles. The predicted molar refractivity (Wildman–Crippen MR) is 279 cm³/mol. The van der Waals surface area contributed by atoms with Gasteiger partial charge in [0.25, 0.3) is 0 Å². The fraction of sp³-hybridized carbons (Fsp3) is 0.0656. The second-order valence-corrected chi connectivity index (χ2v) is 17.8. The molecule has 0 spiro atoms. The highest BCUT2D eigenvalue weighted by Crippen LogP contribution is 2.43. The molecule has 0 saturated heterocycles. The Bertz CT molecular complexity index is 4140. The van der Waals surface area contributed by atoms with Crippen molar-refractivity contribution in [3.05, 3.63) is 218 Å². The van der Waals surface area contributed by atoms with E-state index in [4.69, 9.17) is 9.41 Å². The molecule has 0 aliphatic carbocycles. The minimum Gasteiger partial charge on any atom is -0.456 e. The van der Waals surface area contributed by atoms with Crippen molar-refractivity contribution < 1.29 is 4.42 Å². The Labute approximate surface area is 385 Å². The number of hydrogen-bond donors (Lipinski definition) is 1. The van der Waals surface area contributed by atoms with Crippen LogP contribution in [-0.4, -0.2) is 19.5 Å². The second-order valence-electron chi connectivity index (χ2n) is 17.8. The fourth-order valence-electron chi connectivity index (χ4n) is 11.1. The molecule has 1 aliphatic rings. The van der Waals surface area contributed by atoms with Crippen LogP contribution in [0, 0.1) is 5.92 Å². The van der Waals surface area contributed by atoms with Crippen LogP contribution in [0.1, 0.15) is 25.1 Å². The molecule has 5 heterocycles. The highest BCUT2D eigenvalue weighted by Gasteiger charge is 2.30. The summed E-state index contributed by atoms with van der Waals surface area (Å²) in [6.07, 6.45) is 2.80. The van der Waals surface area contributed by atoms with E-state index in [-0.39, 0.29) is 5.92 Å². The normalized spacial score (nSPS) is 15.6. The quantitative estimate of drug-likeness (QED) is 0.187. The zero-order valence-electron chi connectivity index (χ0n) is 36.8. The highest BCUT2D eigenvalue weighted by molar-refractivity contribution is 6.24. The number of fused-ring (bicyclic) bond motifs is 13.